The molecular weight excluding hydrogens is 567 g/mol. The van der Waals surface area contributed by atoms with Crippen molar-refractivity contribution in [1.82, 2.24) is 9.47 Å². The van der Waals surface area contributed by atoms with Crippen LogP contribution in [0.1, 0.15) is 21.9 Å². The second-order valence-corrected chi connectivity index (χ2v) is 11.7. The van der Waals surface area contributed by atoms with Crippen LogP contribution >= 0.6 is 23.1 Å². The quantitative estimate of drug-likeness (QED) is 0.433. The molecule has 2 fully saturated rings. The number of nitrogens with zero attached hydrogens (tertiary/aromatic N) is 3. The van der Waals surface area contributed by atoms with Gasteiger partial charge in [-0.2, -0.15) is 13.2 Å². The van der Waals surface area contributed by atoms with Crippen molar-refractivity contribution in [2.75, 3.05) is 31.2 Å². The summed E-state index contributed by atoms with van der Waals surface area (Å²) in [6.07, 6.45) is -4.78. The number of benzene rings is 2. The SMILES string of the molecule is O=C(Cn1c2c(sc1=O)[C@H](c1ccccc1)C1C(=O)N(c3ccccc3C(F)(F)F)C(=O)C1S2)N1CCOCC1. The standard InChI is InChI=1S/C27H22F3N3O5S2/c28-27(29,30)16-8-4-5-9-17(16)33-23(35)20-19(15-6-2-1-3-7-15)22-25(39-21(20)24(33)36)32(26(37)40-22)14-18(34)31-10-12-38-13-11-31/h1-9,19-21H,10-14H2/t19-,20?,21?/m1/s1. The van der Waals surface area contributed by atoms with Crippen LogP contribution in [-0.4, -0.2) is 58.7 Å². The number of hydrogen-bond donors (Lipinski definition) is 0. The first-order valence-electron chi connectivity index (χ1n) is 12.5. The van der Waals surface area contributed by atoms with Crippen molar-refractivity contribution >= 4 is 46.5 Å². The van der Waals surface area contributed by atoms with Gasteiger partial charge in [0.25, 0.3) is 0 Å². The average Bonchev–Trinajstić information content (AvgIpc) is 3.39. The Kier molecular flexibility index (Phi) is 6.83. The van der Waals surface area contributed by atoms with Crippen molar-refractivity contribution in [3.63, 3.8) is 0 Å². The van der Waals surface area contributed by atoms with Gasteiger partial charge in [0.05, 0.1) is 35.4 Å². The van der Waals surface area contributed by atoms with E-state index in [1.165, 1.54) is 16.7 Å². The number of thioether (sulfide) groups is 1. The molecule has 8 nitrogen and oxygen atoms in total. The zero-order chi connectivity index (χ0) is 28.2. The smallest absolute Gasteiger partial charge is 0.378 e. The summed E-state index contributed by atoms with van der Waals surface area (Å²) < 4.78 is 48.2. The molecule has 4 heterocycles. The second kappa shape index (κ2) is 10.2. The van der Waals surface area contributed by atoms with E-state index in [9.17, 15) is 32.3 Å². The van der Waals surface area contributed by atoms with E-state index in [0.717, 1.165) is 35.2 Å². The van der Waals surface area contributed by atoms with Gasteiger partial charge in [-0.3, -0.25) is 23.7 Å². The molecular formula is C27H22F3N3O5S2. The fraction of sp³-hybridized carbons (Fsp3) is 0.333. The molecule has 1 aromatic heterocycles. The first-order valence-corrected chi connectivity index (χ1v) is 14.2. The summed E-state index contributed by atoms with van der Waals surface area (Å²) in [5.74, 6) is -3.60. The summed E-state index contributed by atoms with van der Waals surface area (Å²) in [7, 11) is 0. The monoisotopic (exact) mass is 589 g/mol. The van der Waals surface area contributed by atoms with Gasteiger partial charge >= 0.3 is 11.0 Å². The van der Waals surface area contributed by atoms with E-state index >= 15 is 0 Å². The van der Waals surface area contributed by atoms with E-state index in [0.29, 0.717) is 46.7 Å². The number of para-hydroxylation sites is 1. The van der Waals surface area contributed by atoms with Crippen LogP contribution in [0, 0.1) is 5.92 Å². The van der Waals surface area contributed by atoms with E-state index in [4.69, 9.17) is 4.74 Å². The van der Waals surface area contributed by atoms with E-state index in [2.05, 4.69) is 0 Å². The molecule has 2 saturated heterocycles. The molecule has 208 valence electrons. The number of thiazole rings is 1. The normalized spacial score (nSPS) is 22.8. The van der Waals surface area contributed by atoms with Crippen LogP contribution in [0.25, 0.3) is 0 Å². The molecule has 2 aromatic carbocycles. The minimum absolute atomic E-state index is 0.251. The van der Waals surface area contributed by atoms with Gasteiger partial charge in [0.1, 0.15) is 11.8 Å². The lowest BCUT2D eigenvalue weighted by Gasteiger charge is -2.31. The predicted octanol–water partition coefficient (Wildman–Crippen LogP) is 3.58. The van der Waals surface area contributed by atoms with Crippen LogP contribution in [0.4, 0.5) is 18.9 Å². The van der Waals surface area contributed by atoms with Gasteiger partial charge < -0.3 is 9.64 Å². The highest BCUT2D eigenvalue weighted by atomic mass is 32.2. The minimum atomic E-state index is -4.78. The van der Waals surface area contributed by atoms with Crippen LogP contribution in [-0.2, 0) is 31.8 Å². The lowest BCUT2D eigenvalue weighted by atomic mass is 9.83. The molecule has 0 spiro atoms. The topological polar surface area (TPSA) is 88.9 Å². The summed E-state index contributed by atoms with van der Waals surface area (Å²) in [4.78, 5) is 56.2. The number of ether oxygens (including phenoxy) is 1. The van der Waals surface area contributed by atoms with E-state index < -0.39 is 51.2 Å². The maximum Gasteiger partial charge on any atom is 0.418 e. The highest BCUT2D eigenvalue weighted by molar-refractivity contribution is 8.00. The summed E-state index contributed by atoms with van der Waals surface area (Å²) in [5, 5.41) is -0.691. The van der Waals surface area contributed by atoms with Crippen molar-refractivity contribution in [3.8, 4) is 0 Å². The molecule has 40 heavy (non-hydrogen) atoms. The van der Waals surface area contributed by atoms with Crippen LogP contribution in [0.15, 0.2) is 64.4 Å². The van der Waals surface area contributed by atoms with Crippen molar-refractivity contribution < 1.29 is 32.3 Å². The van der Waals surface area contributed by atoms with Gasteiger partial charge in [-0.05, 0) is 17.7 Å². The highest BCUT2D eigenvalue weighted by Gasteiger charge is 2.57. The third kappa shape index (κ3) is 4.45. The number of morpholine rings is 1. The van der Waals surface area contributed by atoms with Crippen LogP contribution in [0.2, 0.25) is 0 Å². The Balaban J connectivity index is 1.44. The molecule has 3 amide bonds. The van der Waals surface area contributed by atoms with Gasteiger partial charge in [-0.25, -0.2) is 4.90 Å². The Morgan fingerprint density at radius 3 is 2.33 bits per heavy atom. The molecule has 2 unspecified atom stereocenters. The molecule has 0 bridgehead atoms. The van der Waals surface area contributed by atoms with Crippen LogP contribution in [0.5, 0.6) is 0 Å². The fourth-order valence-electron chi connectivity index (χ4n) is 5.47. The summed E-state index contributed by atoms with van der Waals surface area (Å²) in [6.45, 7) is 1.32. The fourth-order valence-corrected chi connectivity index (χ4v) is 8.24. The molecule has 3 aliphatic heterocycles. The van der Waals surface area contributed by atoms with Crippen LogP contribution < -0.4 is 9.77 Å². The molecule has 3 aliphatic rings. The maximum absolute atomic E-state index is 13.9. The van der Waals surface area contributed by atoms with Gasteiger partial charge in [-0.1, -0.05) is 65.6 Å². The van der Waals surface area contributed by atoms with Gasteiger partial charge in [0.2, 0.25) is 17.7 Å². The molecule has 6 rings (SSSR count). The van der Waals surface area contributed by atoms with Crippen LogP contribution in [0.3, 0.4) is 0 Å². The number of carbonyl (C=O) groups excluding carboxylic acids is 3. The Hall–Kier alpha value is -3.42. The average molecular weight is 590 g/mol. The first-order chi connectivity index (χ1) is 19.2. The molecule has 0 radical (unpaired) electrons. The Morgan fingerprint density at radius 1 is 0.950 bits per heavy atom. The number of aromatic nitrogens is 1. The predicted molar refractivity (Wildman–Crippen MR) is 141 cm³/mol. The number of anilines is 1. The number of halogens is 3. The first kappa shape index (κ1) is 26.8. The van der Waals surface area contributed by atoms with Gasteiger partial charge in [-0.15, -0.1) is 0 Å². The lowest BCUT2D eigenvalue weighted by Crippen LogP contribution is -2.43. The van der Waals surface area contributed by atoms with E-state index in [1.54, 1.807) is 35.2 Å². The molecule has 3 aromatic rings. The van der Waals surface area contributed by atoms with Crippen molar-refractivity contribution in [2.45, 2.75) is 28.9 Å². The van der Waals surface area contributed by atoms with Gasteiger partial charge in [0, 0.05) is 23.9 Å². The Labute approximate surface area is 234 Å². The lowest BCUT2D eigenvalue weighted by molar-refractivity contribution is -0.137. The number of rotatable bonds is 4. The number of hydrogen-bond acceptors (Lipinski definition) is 7. The number of carbonyl (C=O) groups is 3. The summed E-state index contributed by atoms with van der Waals surface area (Å²) >= 11 is 1.86. The highest BCUT2D eigenvalue weighted by Crippen LogP contribution is 2.54. The molecule has 0 aliphatic carbocycles. The third-order valence-electron chi connectivity index (χ3n) is 7.32. The zero-order valence-corrected chi connectivity index (χ0v) is 22.4. The molecule has 0 N–H and O–H groups in total. The number of alkyl halides is 3. The van der Waals surface area contributed by atoms with E-state index in [1.807, 2.05) is 0 Å². The summed E-state index contributed by atoms with van der Waals surface area (Å²) in [5.41, 5.74) is -0.950. The van der Waals surface area contributed by atoms with E-state index in [-0.39, 0.29) is 12.5 Å². The summed E-state index contributed by atoms with van der Waals surface area (Å²) in [6, 6.07) is 13.3. The second-order valence-electron chi connectivity index (χ2n) is 9.60. The third-order valence-corrected chi connectivity index (χ3v) is 9.92. The molecule has 3 atom stereocenters. The van der Waals surface area contributed by atoms with Crippen molar-refractivity contribution in [3.05, 3.63) is 80.3 Å². The van der Waals surface area contributed by atoms with Crippen molar-refractivity contribution in [2.24, 2.45) is 5.92 Å². The maximum atomic E-state index is 13.9. The van der Waals surface area contributed by atoms with Gasteiger partial charge in [0.15, 0.2) is 0 Å². The number of imide groups is 1. The zero-order valence-electron chi connectivity index (χ0n) is 20.8. The minimum Gasteiger partial charge on any atom is -0.378 e. The Morgan fingerprint density at radius 2 is 1.62 bits per heavy atom. The molecule has 13 heteroatoms. The molecule has 0 saturated carbocycles. The van der Waals surface area contributed by atoms with Crippen molar-refractivity contribution in [1.29, 1.82) is 0 Å². The largest absolute Gasteiger partial charge is 0.418 e. The number of amides is 3. The Bertz CT molecular complexity index is 1550. The number of fused-ring (bicyclic) bond motifs is 2.